The predicted molar refractivity (Wildman–Crippen MR) is 95.3 cm³/mol. The summed E-state index contributed by atoms with van der Waals surface area (Å²) >= 11 is 0. The number of aromatic nitrogens is 1. The van der Waals surface area contributed by atoms with Crippen LogP contribution in [-0.4, -0.2) is 34.7 Å². The standard InChI is InChI=1S/C19H18F2N4O2/c1-25-17(26)8-7-16(24-25)23-19(27)15-6-5-13(11-22-15)9-12-3-2-4-14(10-12)18(20)21/h2-6,10-11,18H,7-9H2,1H3,(H,23,24,27). The van der Waals surface area contributed by atoms with Crippen LogP contribution in [0.1, 0.15) is 46.4 Å². The van der Waals surface area contributed by atoms with E-state index in [4.69, 9.17) is 0 Å². The first-order valence-corrected chi connectivity index (χ1v) is 8.39. The highest BCUT2D eigenvalue weighted by Crippen LogP contribution is 2.20. The van der Waals surface area contributed by atoms with Crippen molar-refractivity contribution in [1.29, 1.82) is 0 Å². The van der Waals surface area contributed by atoms with Crippen LogP contribution in [0.25, 0.3) is 0 Å². The number of amides is 2. The first kappa shape index (κ1) is 18.6. The van der Waals surface area contributed by atoms with Gasteiger partial charge in [-0.1, -0.05) is 24.3 Å². The lowest BCUT2D eigenvalue weighted by Crippen LogP contribution is -2.38. The summed E-state index contributed by atoms with van der Waals surface area (Å²) in [4.78, 5) is 27.8. The molecular weight excluding hydrogens is 354 g/mol. The van der Waals surface area contributed by atoms with Gasteiger partial charge in [-0.05, 0) is 29.7 Å². The molecule has 1 aromatic carbocycles. The van der Waals surface area contributed by atoms with Gasteiger partial charge in [0, 0.05) is 31.6 Å². The number of nitrogens with zero attached hydrogens (tertiary/aromatic N) is 3. The Hall–Kier alpha value is -3.16. The van der Waals surface area contributed by atoms with Gasteiger partial charge in [-0.3, -0.25) is 14.6 Å². The zero-order valence-corrected chi connectivity index (χ0v) is 14.7. The number of benzene rings is 1. The molecule has 8 heteroatoms. The van der Waals surface area contributed by atoms with Crippen molar-refractivity contribution in [3.05, 3.63) is 65.0 Å². The average Bonchev–Trinajstić information content (AvgIpc) is 2.65. The van der Waals surface area contributed by atoms with Crippen LogP contribution >= 0.6 is 0 Å². The molecule has 0 fully saturated rings. The van der Waals surface area contributed by atoms with E-state index in [-0.39, 0.29) is 17.2 Å². The fraction of sp³-hybridized carbons (Fsp3) is 0.263. The average molecular weight is 372 g/mol. The van der Waals surface area contributed by atoms with Gasteiger partial charge < -0.3 is 5.32 Å². The number of carbonyl (C=O) groups excluding carboxylic acids is 2. The van der Waals surface area contributed by atoms with Crippen molar-refractivity contribution in [2.45, 2.75) is 25.7 Å². The molecule has 27 heavy (non-hydrogen) atoms. The van der Waals surface area contributed by atoms with E-state index < -0.39 is 12.3 Å². The third kappa shape index (κ3) is 4.72. The summed E-state index contributed by atoms with van der Waals surface area (Å²) in [6, 6.07) is 9.52. The topological polar surface area (TPSA) is 74.7 Å². The molecule has 6 nitrogen and oxygen atoms in total. The molecule has 140 valence electrons. The van der Waals surface area contributed by atoms with Crippen molar-refractivity contribution in [2.75, 3.05) is 7.05 Å². The van der Waals surface area contributed by atoms with E-state index in [0.29, 0.717) is 25.1 Å². The van der Waals surface area contributed by atoms with Crippen LogP contribution in [0.5, 0.6) is 0 Å². The maximum Gasteiger partial charge on any atom is 0.275 e. The normalized spacial score (nSPS) is 14.3. The summed E-state index contributed by atoms with van der Waals surface area (Å²) in [5.74, 6) is -0.106. The lowest BCUT2D eigenvalue weighted by Gasteiger charge is -2.19. The number of pyridine rings is 1. The van der Waals surface area contributed by atoms with Crippen LogP contribution in [0, 0.1) is 0 Å². The highest BCUT2D eigenvalue weighted by molar-refractivity contribution is 6.06. The van der Waals surface area contributed by atoms with Gasteiger partial charge in [-0.25, -0.2) is 13.8 Å². The van der Waals surface area contributed by atoms with Crippen LogP contribution in [0.15, 0.2) is 47.7 Å². The molecule has 0 aliphatic carbocycles. The fourth-order valence-corrected chi connectivity index (χ4v) is 2.69. The molecule has 2 heterocycles. The third-order valence-electron chi connectivity index (χ3n) is 4.13. The van der Waals surface area contributed by atoms with Crippen LogP contribution < -0.4 is 5.32 Å². The van der Waals surface area contributed by atoms with Crippen molar-refractivity contribution in [2.24, 2.45) is 5.10 Å². The van der Waals surface area contributed by atoms with Crippen LogP contribution in [0.3, 0.4) is 0 Å². The Labute approximate surface area is 154 Å². The minimum atomic E-state index is -2.51. The molecule has 1 aromatic heterocycles. The SMILES string of the molecule is CN1N=C(NC(=O)c2ccc(Cc3cccc(C(F)F)c3)cn2)CCC1=O. The molecule has 0 radical (unpaired) electrons. The highest BCUT2D eigenvalue weighted by atomic mass is 19.3. The molecule has 3 rings (SSSR count). The maximum atomic E-state index is 12.8. The second-order valence-electron chi connectivity index (χ2n) is 6.19. The molecule has 1 aliphatic heterocycles. The second-order valence-corrected chi connectivity index (χ2v) is 6.19. The smallest absolute Gasteiger partial charge is 0.275 e. The van der Waals surface area contributed by atoms with Crippen molar-refractivity contribution in [3.63, 3.8) is 0 Å². The number of hydrogen-bond acceptors (Lipinski definition) is 4. The van der Waals surface area contributed by atoms with Crippen molar-refractivity contribution in [3.8, 4) is 0 Å². The lowest BCUT2D eigenvalue weighted by molar-refractivity contribution is -0.130. The summed E-state index contributed by atoms with van der Waals surface area (Å²) in [5, 5.41) is 7.85. The van der Waals surface area contributed by atoms with Crippen molar-refractivity contribution < 1.29 is 18.4 Å². The molecule has 0 saturated heterocycles. The molecule has 0 atom stereocenters. The quantitative estimate of drug-likeness (QED) is 0.897. The fourth-order valence-electron chi connectivity index (χ4n) is 2.69. The highest BCUT2D eigenvalue weighted by Gasteiger charge is 2.19. The zero-order chi connectivity index (χ0) is 19.4. The molecule has 0 saturated carbocycles. The molecule has 2 amide bonds. The maximum absolute atomic E-state index is 12.8. The Bertz CT molecular complexity index is 882. The number of hydrogen-bond donors (Lipinski definition) is 1. The van der Waals surface area contributed by atoms with Gasteiger partial charge in [-0.2, -0.15) is 5.10 Å². The van der Waals surface area contributed by atoms with E-state index in [0.717, 1.165) is 11.1 Å². The summed E-state index contributed by atoms with van der Waals surface area (Å²) in [7, 11) is 1.53. The van der Waals surface area contributed by atoms with Gasteiger partial charge in [0.15, 0.2) is 0 Å². The Morgan fingerprint density at radius 3 is 2.70 bits per heavy atom. The molecule has 1 N–H and O–H groups in total. The summed E-state index contributed by atoms with van der Waals surface area (Å²) in [6.07, 6.45) is 0.135. The van der Waals surface area contributed by atoms with Crippen LogP contribution in [-0.2, 0) is 11.2 Å². The van der Waals surface area contributed by atoms with Crippen LogP contribution in [0.2, 0.25) is 0 Å². The molecule has 0 unspecified atom stereocenters. The molecule has 1 aliphatic rings. The first-order valence-electron chi connectivity index (χ1n) is 8.39. The number of hydrazone groups is 1. The Balaban J connectivity index is 1.65. The minimum absolute atomic E-state index is 0.0202. The van der Waals surface area contributed by atoms with Gasteiger partial charge >= 0.3 is 0 Å². The van der Waals surface area contributed by atoms with E-state index in [1.807, 2.05) is 0 Å². The monoisotopic (exact) mass is 372 g/mol. The Morgan fingerprint density at radius 1 is 1.22 bits per heavy atom. The lowest BCUT2D eigenvalue weighted by atomic mass is 10.0. The van der Waals surface area contributed by atoms with E-state index in [1.165, 1.54) is 24.2 Å². The van der Waals surface area contributed by atoms with Gasteiger partial charge in [0.1, 0.15) is 11.5 Å². The second kappa shape index (κ2) is 8.03. The van der Waals surface area contributed by atoms with Gasteiger partial charge in [0.2, 0.25) is 5.91 Å². The minimum Gasteiger partial charge on any atom is -0.307 e. The summed E-state index contributed by atoms with van der Waals surface area (Å²) < 4.78 is 25.6. The molecule has 2 aromatic rings. The van der Waals surface area contributed by atoms with E-state index in [1.54, 1.807) is 30.5 Å². The number of carbonyl (C=O) groups is 2. The number of amidine groups is 1. The number of alkyl halides is 2. The van der Waals surface area contributed by atoms with E-state index >= 15 is 0 Å². The molecule has 0 spiro atoms. The van der Waals surface area contributed by atoms with Crippen LogP contribution in [0.4, 0.5) is 8.78 Å². The van der Waals surface area contributed by atoms with Gasteiger partial charge in [0.05, 0.1) is 0 Å². The Kier molecular flexibility index (Phi) is 5.54. The third-order valence-corrected chi connectivity index (χ3v) is 4.13. The van der Waals surface area contributed by atoms with Crippen molar-refractivity contribution >= 4 is 17.6 Å². The molecular formula is C19H18F2N4O2. The zero-order valence-electron chi connectivity index (χ0n) is 14.7. The number of halogens is 2. The van der Waals surface area contributed by atoms with E-state index in [2.05, 4.69) is 15.4 Å². The summed E-state index contributed by atoms with van der Waals surface area (Å²) in [5.41, 5.74) is 1.74. The molecule has 0 bridgehead atoms. The number of rotatable bonds is 4. The summed E-state index contributed by atoms with van der Waals surface area (Å²) in [6.45, 7) is 0. The Morgan fingerprint density at radius 2 is 2.04 bits per heavy atom. The largest absolute Gasteiger partial charge is 0.307 e. The van der Waals surface area contributed by atoms with Gasteiger partial charge in [0.25, 0.3) is 12.3 Å². The van der Waals surface area contributed by atoms with Crippen molar-refractivity contribution in [1.82, 2.24) is 15.3 Å². The first-order chi connectivity index (χ1) is 12.9. The number of nitrogens with one attached hydrogen (secondary N) is 1. The van der Waals surface area contributed by atoms with Gasteiger partial charge in [-0.15, -0.1) is 0 Å². The van der Waals surface area contributed by atoms with E-state index in [9.17, 15) is 18.4 Å². The predicted octanol–water partition coefficient (Wildman–Crippen LogP) is 2.91.